The molecule has 0 spiro atoms. The van der Waals surface area contributed by atoms with Crippen molar-refractivity contribution in [3.63, 3.8) is 0 Å². The Morgan fingerprint density at radius 2 is 1.86 bits per heavy atom. The molecule has 4 aliphatic rings. The van der Waals surface area contributed by atoms with Crippen molar-refractivity contribution in [1.29, 1.82) is 0 Å². The van der Waals surface area contributed by atoms with Crippen molar-refractivity contribution in [2.45, 2.75) is 64.9 Å². The molecule has 6 atom stereocenters. The fourth-order valence-corrected chi connectivity index (χ4v) is 6.41. The zero-order valence-corrected chi connectivity index (χ0v) is 13.7. The van der Waals surface area contributed by atoms with Crippen LogP contribution in [-0.4, -0.2) is 21.4 Å². The number of allylic oxidation sites excluding steroid dienone is 2. The molecule has 3 nitrogen and oxygen atoms in total. The Balaban J connectivity index is 1.78. The zero-order valence-electron chi connectivity index (χ0n) is 13.7. The van der Waals surface area contributed by atoms with E-state index in [9.17, 15) is 15.3 Å². The molecule has 0 aliphatic heterocycles. The third-order valence-electron chi connectivity index (χ3n) is 7.73. The Morgan fingerprint density at radius 1 is 1.09 bits per heavy atom. The SMILES string of the molecule is C[C@@]12CCC[C@H]1[C@@H]1CC=C3CC(O)C(O)=C(O)[C@]3(C)[C@H]1CC2. The number of aliphatic hydroxyl groups is 3. The maximum Gasteiger partial charge on any atom is 0.160 e. The van der Waals surface area contributed by atoms with E-state index in [1.807, 2.05) is 0 Å². The lowest BCUT2D eigenvalue weighted by Crippen LogP contribution is -2.50. The zero-order chi connectivity index (χ0) is 15.7. The Kier molecular flexibility index (Phi) is 3.01. The van der Waals surface area contributed by atoms with E-state index in [1.54, 1.807) is 0 Å². The highest BCUT2D eigenvalue weighted by molar-refractivity contribution is 5.37. The molecule has 0 bridgehead atoms. The van der Waals surface area contributed by atoms with E-state index in [-0.39, 0.29) is 11.5 Å². The van der Waals surface area contributed by atoms with Gasteiger partial charge in [0, 0.05) is 6.42 Å². The van der Waals surface area contributed by atoms with Gasteiger partial charge in [0.2, 0.25) is 0 Å². The predicted molar refractivity (Wildman–Crippen MR) is 85.4 cm³/mol. The summed E-state index contributed by atoms with van der Waals surface area (Å²) < 4.78 is 0. The van der Waals surface area contributed by atoms with Gasteiger partial charge in [-0.2, -0.15) is 0 Å². The minimum atomic E-state index is -0.934. The second kappa shape index (κ2) is 4.53. The first-order chi connectivity index (χ1) is 10.4. The molecule has 4 rings (SSSR count). The lowest BCUT2D eigenvalue weighted by molar-refractivity contribution is -0.0303. The molecule has 0 radical (unpaired) electrons. The molecule has 2 saturated carbocycles. The molecule has 0 aromatic heterocycles. The van der Waals surface area contributed by atoms with Crippen LogP contribution in [0.3, 0.4) is 0 Å². The molecule has 22 heavy (non-hydrogen) atoms. The van der Waals surface area contributed by atoms with Crippen LogP contribution in [0.2, 0.25) is 0 Å². The lowest BCUT2D eigenvalue weighted by atomic mass is 9.48. The summed E-state index contributed by atoms with van der Waals surface area (Å²) in [4.78, 5) is 0. The van der Waals surface area contributed by atoms with Crippen LogP contribution >= 0.6 is 0 Å². The van der Waals surface area contributed by atoms with Gasteiger partial charge in [-0.1, -0.05) is 25.0 Å². The maximum absolute atomic E-state index is 10.7. The van der Waals surface area contributed by atoms with Crippen LogP contribution in [0.1, 0.15) is 58.8 Å². The van der Waals surface area contributed by atoms with E-state index in [2.05, 4.69) is 19.9 Å². The third kappa shape index (κ3) is 1.66. The van der Waals surface area contributed by atoms with Gasteiger partial charge in [-0.3, -0.25) is 0 Å². The Labute approximate surface area is 132 Å². The molecule has 0 amide bonds. The Hall–Kier alpha value is -0.960. The maximum atomic E-state index is 10.7. The molecule has 3 heteroatoms. The summed E-state index contributed by atoms with van der Waals surface area (Å²) in [6, 6.07) is 0. The average Bonchev–Trinajstić information content (AvgIpc) is 2.89. The molecule has 4 aliphatic carbocycles. The molecular weight excluding hydrogens is 276 g/mol. The highest BCUT2D eigenvalue weighted by atomic mass is 16.3. The van der Waals surface area contributed by atoms with Crippen molar-refractivity contribution in [1.82, 2.24) is 0 Å². The van der Waals surface area contributed by atoms with Crippen LogP contribution in [0, 0.1) is 28.6 Å². The van der Waals surface area contributed by atoms with Gasteiger partial charge >= 0.3 is 0 Å². The van der Waals surface area contributed by atoms with Gasteiger partial charge in [0.1, 0.15) is 11.9 Å². The van der Waals surface area contributed by atoms with Crippen LogP contribution < -0.4 is 0 Å². The highest BCUT2D eigenvalue weighted by Crippen LogP contribution is 2.65. The largest absolute Gasteiger partial charge is 0.508 e. The van der Waals surface area contributed by atoms with E-state index in [0.29, 0.717) is 23.7 Å². The standard InChI is InChI=1S/C19H28O3/c1-18-8-3-4-13(18)12-6-5-11-10-15(20)16(21)17(22)19(11,2)14(12)7-9-18/h5,12-15,20-22H,3-4,6-10H2,1-2H3/t12-,13-,14-,15?,18-,19-/m0/s1. The van der Waals surface area contributed by atoms with E-state index in [1.165, 1.54) is 25.7 Å². The summed E-state index contributed by atoms with van der Waals surface area (Å²) in [6.07, 6.45) is 9.23. The van der Waals surface area contributed by atoms with E-state index in [4.69, 9.17) is 0 Å². The van der Waals surface area contributed by atoms with Crippen molar-refractivity contribution in [2.75, 3.05) is 0 Å². The smallest absolute Gasteiger partial charge is 0.160 e. The molecule has 0 aromatic rings. The van der Waals surface area contributed by atoms with Crippen molar-refractivity contribution in [3.8, 4) is 0 Å². The minimum Gasteiger partial charge on any atom is -0.508 e. The van der Waals surface area contributed by atoms with Crippen LogP contribution in [0.4, 0.5) is 0 Å². The summed E-state index contributed by atoms with van der Waals surface area (Å²) >= 11 is 0. The Bertz CT molecular complexity index is 563. The van der Waals surface area contributed by atoms with Gasteiger partial charge in [-0.15, -0.1) is 0 Å². The average molecular weight is 304 g/mol. The van der Waals surface area contributed by atoms with Gasteiger partial charge in [-0.25, -0.2) is 0 Å². The molecule has 1 unspecified atom stereocenters. The second-order valence-electron chi connectivity index (χ2n) is 8.58. The van der Waals surface area contributed by atoms with Crippen molar-refractivity contribution < 1.29 is 15.3 Å². The lowest BCUT2D eigenvalue weighted by Gasteiger charge is -2.56. The molecule has 0 heterocycles. The third-order valence-corrected chi connectivity index (χ3v) is 7.73. The first-order valence-corrected chi connectivity index (χ1v) is 8.88. The van der Waals surface area contributed by atoms with Gasteiger partial charge < -0.3 is 15.3 Å². The predicted octanol–water partition coefficient (Wildman–Crippen LogP) is 4.25. The van der Waals surface area contributed by atoms with Crippen molar-refractivity contribution in [3.05, 3.63) is 23.2 Å². The summed E-state index contributed by atoms with van der Waals surface area (Å²) in [5.74, 6) is 1.61. The normalized spacial score (nSPS) is 51.0. The van der Waals surface area contributed by atoms with Gasteiger partial charge in [0.15, 0.2) is 5.76 Å². The first-order valence-electron chi connectivity index (χ1n) is 8.88. The minimum absolute atomic E-state index is 0.0359. The molecular formula is C19H28O3. The van der Waals surface area contributed by atoms with Crippen LogP contribution in [0.25, 0.3) is 0 Å². The van der Waals surface area contributed by atoms with Crippen molar-refractivity contribution in [2.24, 2.45) is 28.6 Å². The van der Waals surface area contributed by atoms with E-state index < -0.39 is 11.5 Å². The van der Waals surface area contributed by atoms with Crippen LogP contribution in [-0.2, 0) is 0 Å². The van der Waals surface area contributed by atoms with Crippen LogP contribution in [0.15, 0.2) is 23.2 Å². The van der Waals surface area contributed by atoms with E-state index in [0.717, 1.165) is 24.3 Å². The number of rotatable bonds is 0. The highest BCUT2D eigenvalue weighted by Gasteiger charge is 2.58. The van der Waals surface area contributed by atoms with Gasteiger partial charge in [-0.05, 0) is 62.2 Å². The topological polar surface area (TPSA) is 60.7 Å². The number of hydrogen-bond donors (Lipinski definition) is 3. The van der Waals surface area contributed by atoms with E-state index >= 15 is 0 Å². The summed E-state index contributed by atoms with van der Waals surface area (Å²) in [6.45, 7) is 4.55. The fourth-order valence-electron chi connectivity index (χ4n) is 6.41. The number of fused-ring (bicyclic) bond motifs is 5. The molecule has 3 N–H and O–H groups in total. The summed E-state index contributed by atoms with van der Waals surface area (Å²) in [5, 5.41) is 30.8. The number of aliphatic hydroxyl groups excluding tert-OH is 3. The fraction of sp³-hybridized carbons (Fsp3) is 0.789. The van der Waals surface area contributed by atoms with Gasteiger partial charge in [0.25, 0.3) is 0 Å². The molecule has 0 saturated heterocycles. The summed E-state index contributed by atoms with van der Waals surface area (Å²) in [7, 11) is 0. The molecule has 122 valence electrons. The van der Waals surface area contributed by atoms with Crippen LogP contribution in [0.5, 0.6) is 0 Å². The number of hydrogen-bond acceptors (Lipinski definition) is 3. The molecule has 0 aromatic carbocycles. The summed E-state index contributed by atoms with van der Waals surface area (Å²) in [5.41, 5.74) is 1.16. The first kappa shape index (κ1) is 14.6. The Morgan fingerprint density at radius 3 is 2.64 bits per heavy atom. The quantitative estimate of drug-likeness (QED) is 0.586. The van der Waals surface area contributed by atoms with Gasteiger partial charge in [0.05, 0.1) is 5.41 Å². The van der Waals surface area contributed by atoms with Crippen molar-refractivity contribution >= 4 is 0 Å². The second-order valence-corrected chi connectivity index (χ2v) is 8.58. The molecule has 2 fully saturated rings. The monoisotopic (exact) mass is 304 g/mol.